The largest absolute Gasteiger partial charge is 0.399 e. The lowest BCUT2D eigenvalue weighted by atomic mass is 10.1. The van der Waals surface area contributed by atoms with E-state index in [-0.39, 0.29) is 5.56 Å². The first-order valence-corrected chi connectivity index (χ1v) is 5.83. The number of nitrogens with zero attached hydrogens (tertiary/aromatic N) is 1. The molecule has 1 aromatic carbocycles. The number of nitrogens with two attached hydrogens (primary N) is 1. The van der Waals surface area contributed by atoms with Crippen LogP contribution in [0.4, 0.5) is 15.8 Å². The molecule has 0 aliphatic rings. The van der Waals surface area contributed by atoms with Crippen molar-refractivity contribution in [2.24, 2.45) is 0 Å². The average Bonchev–Trinajstić information content (AvgIpc) is 2.36. The van der Waals surface area contributed by atoms with Crippen molar-refractivity contribution in [2.75, 3.05) is 11.1 Å². The summed E-state index contributed by atoms with van der Waals surface area (Å²) in [6.07, 6.45) is 1.40. The SMILES string of the molecule is Cc1cc(NC(=O)c2cc(N)ccc2F)cnc1Cl. The molecule has 98 valence electrons. The lowest BCUT2D eigenvalue weighted by Crippen LogP contribution is -2.14. The van der Waals surface area contributed by atoms with Crippen LogP contribution >= 0.6 is 11.6 Å². The second kappa shape index (κ2) is 5.24. The molecule has 0 spiro atoms. The van der Waals surface area contributed by atoms with Crippen LogP contribution in [0.15, 0.2) is 30.5 Å². The fourth-order valence-corrected chi connectivity index (χ4v) is 1.65. The van der Waals surface area contributed by atoms with Crippen molar-refractivity contribution in [1.29, 1.82) is 0 Å². The fraction of sp³-hybridized carbons (Fsp3) is 0.0769. The molecule has 3 N–H and O–H groups in total. The average molecular weight is 280 g/mol. The van der Waals surface area contributed by atoms with E-state index in [9.17, 15) is 9.18 Å². The lowest BCUT2D eigenvalue weighted by molar-refractivity contribution is 0.102. The molecule has 2 rings (SSSR count). The molecule has 0 fully saturated rings. The summed E-state index contributed by atoms with van der Waals surface area (Å²) in [6, 6.07) is 5.47. The van der Waals surface area contributed by atoms with Crippen LogP contribution in [0.1, 0.15) is 15.9 Å². The third-order valence-corrected chi connectivity index (χ3v) is 2.90. The standard InChI is InChI=1S/C13H11ClFN3O/c1-7-4-9(6-17-12(7)14)18-13(19)10-5-8(16)2-3-11(10)15/h2-6H,16H2,1H3,(H,18,19). The van der Waals surface area contributed by atoms with Crippen LogP contribution in [0.5, 0.6) is 0 Å². The number of hydrogen-bond acceptors (Lipinski definition) is 3. The highest BCUT2D eigenvalue weighted by Crippen LogP contribution is 2.18. The first-order valence-electron chi connectivity index (χ1n) is 5.46. The molecule has 1 aromatic heterocycles. The molecule has 0 bridgehead atoms. The van der Waals surface area contributed by atoms with Crippen molar-refractivity contribution in [3.05, 3.63) is 52.6 Å². The Morgan fingerprint density at radius 1 is 1.42 bits per heavy atom. The lowest BCUT2D eigenvalue weighted by Gasteiger charge is -2.07. The molecule has 1 heterocycles. The first kappa shape index (κ1) is 13.3. The number of benzene rings is 1. The van der Waals surface area contributed by atoms with Gasteiger partial charge in [0.15, 0.2) is 0 Å². The molecule has 6 heteroatoms. The minimum Gasteiger partial charge on any atom is -0.399 e. The van der Waals surface area contributed by atoms with Crippen molar-refractivity contribution in [1.82, 2.24) is 4.98 Å². The zero-order valence-electron chi connectivity index (χ0n) is 10.1. The molecule has 0 saturated carbocycles. The van der Waals surface area contributed by atoms with E-state index >= 15 is 0 Å². The number of aryl methyl sites for hydroxylation is 1. The van der Waals surface area contributed by atoms with Gasteiger partial charge in [-0.05, 0) is 36.8 Å². The number of aromatic nitrogens is 1. The van der Waals surface area contributed by atoms with Gasteiger partial charge >= 0.3 is 0 Å². The predicted octanol–water partition coefficient (Wildman–Crippen LogP) is 3.02. The molecular formula is C13H11ClFN3O. The third kappa shape index (κ3) is 3.00. The van der Waals surface area contributed by atoms with Crippen molar-refractivity contribution < 1.29 is 9.18 Å². The summed E-state index contributed by atoms with van der Waals surface area (Å²) in [5.41, 5.74) is 6.88. The maximum atomic E-state index is 13.5. The number of anilines is 2. The van der Waals surface area contributed by atoms with E-state index in [1.54, 1.807) is 13.0 Å². The molecule has 4 nitrogen and oxygen atoms in total. The summed E-state index contributed by atoms with van der Waals surface area (Å²) < 4.78 is 13.5. The van der Waals surface area contributed by atoms with Crippen LogP contribution in [0, 0.1) is 12.7 Å². The van der Waals surface area contributed by atoms with E-state index < -0.39 is 11.7 Å². The first-order chi connectivity index (χ1) is 8.97. The van der Waals surface area contributed by atoms with Gasteiger partial charge in [0.1, 0.15) is 11.0 Å². The highest BCUT2D eigenvalue weighted by molar-refractivity contribution is 6.30. The second-order valence-electron chi connectivity index (χ2n) is 4.03. The van der Waals surface area contributed by atoms with E-state index in [1.807, 2.05) is 0 Å². The van der Waals surface area contributed by atoms with Crippen LogP contribution in [0.25, 0.3) is 0 Å². The van der Waals surface area contributed by atoms with Gasteiger partial charge in [-0.25, -0.2) is 9.37 Å². The number of amides is 1. The van der Waals surface area contributed by atoms with E-state index in [0.29, 0.717) is 22.1 Å². The number of hydrogen-bond donors (Lipinski definition) is 2. The topological polar surface area (TPSA) is 68.0 Å². The van der Waals surface area contributed by atoms with Gasteiger partial charge < -0.3 is 11.1 Å². The van der Waals surface area contributed by atoms with Crippen LogP contribution in [-0.2, 0) is 0 Å². The molecule has 19 heavy (non-hydrogen) atoms. The number of halogens is 2. The maximum absolute atomic E-state index is 13.5. The zero-order chi connectivity index (χ0) is 14.0. The Hall–Kier alpha value is -2.14. The van der Waals surface area contributed by atoms with Gasteiger partial charge in [-0.15, -0.1) is 0 Å². The maximum Gasteiger partial charge on any atom is 0.258 e. The Balaban J connectivity index is 2.25. The Morgan fingerprint density at radius 3 is 2.84 bits per heavy atom. The van der Waals surface area contributed by atoms with Crippen LogP contribution < -0.4 is 11.1 Å². The summed E-state index contributed by atoms with van der Waals surface area (Å²) >= 11 is 5.78. The van der Waals surface area contributed by atoms with Crippen molar-refractivity contribution in [3.63, 3.8) is 0 Å². The smallest absolute Gasteiger partial charge is 0.258 e. The summed E-state index contributed by atoms with van der Waals surface area (Å²) in [5.74, 6) is -1.22. The second-order valence-corrected chi connectivity index (χ2v) is 4.38. The van der Waals surface area contributed by atoms with Gasteiger partial charge in [-0.2, -0.15) is 0 Å². The van der Waals surface area contributed by atoms with Gasteiger partial charge in [-0.3, -0.25) is 4.79 Å². The highest BCUT2D eigenvalue weighted by atomic mass is 35.5. The number of carbonyl (C=O) groups is 1. The molecule has 0 unspecified atom stereocenters. The Morgan fingerprint density at radius 2 is 2.16 bits per heavy atom. The number of carbonyl (C=O) groups excluding carboxylic acids is 1. The molecule has 1 amide bonds. The summed E-state index contributed by atoms with van der Waals surface area (Å²) in [5, 5.41) is 2.89. The third-order valence-electron chi connectivity index (χ3n) is 2.51. The van der Waals surface area contributed by atoms with Crippen LogP contribution in [0.2, 0.25) is 5.15 Å². The van der Waals surface area contributed by atoms with Crippen molar-refractivity contribution in [3.8, 4) is 0 Å². The normalized spacial score (nSPS) is 10.3. The van der Waals surface area contributed by atoms with Gasteiger partial charge in [0.25, 0.3) is 5.91 Å². The predicted molar refractivity (Wildman–Crippen MR) is 72.7 cm³/mol. The van der Waals surface area contributed by atoms with E-state index in [2.05, 4.69) is 10.3 Å². The van der Waals surface area contributed by atoms with E-state index in [4.69, 9.17) is 17.3 Å². The minimum absolute atomic E-state index is 0.118. The summed E-state index contributed by atoms with van der Waals surface area (Å²) in [7, 11) is 0. The molecule has 2 aromatic rings. The van der Waals surface area contributed by atoms with Crippen LogP contribution in [0.3, 0.4) is 0 Å². The molecule has 0 saturated heterocycles. The summed E-state index contributed by atoms with van der Waals surface area (Å²) in [4.78, 5) is 15.8. The van der Waals surface area contributed by atoms with Crippen LogP contribution in [-0.4, -0.2) is 10.9 Å². The summed E-state index contributed by atoms with van der Waals surface area (Å²) in [6.45, 7) is 1.76. The fourth-order valence-electron chi connectivity index (χ4n) is 1.54. The number of pyridine rings is 1. The van der Waals surface area contributed by atoms with Crippen molar-refractivity contribution >= 4 is 28.9 Å². The molecule has 0 radical (unpaired) electrons. The number of nitrogen functional groups attached to an aromatic ring is 1. The number of rotatable bonds is 2. The van der Waals surface area contributed by atoms with E-state index in [1.165, 1.54) is 18.3 Å². The van der Waals surface area contributed by atoms with Gasteiger partial charge in [0.2, 0.25) is 0 Å². The molecule has 0 atom stereocenters. The monoisotopic (exact) mass is 279 g/mol. The van der Waals surface area contributed by atoms with Gasteiger partial charge in [-0.1, -0.05) is 11.6 Å². The van der Waals surface area contributed by atoms with Crippen molar-refractivity contribution in [2.45, 2.75) is 6.92 Å². The van der Waals surface area contributed by atoms with Gasteiger partial charge in [0, 0.05) is 5.69 Å². The quantitative estimate of drug-likeness (QED) is 0.656. The number of nitrogens with one attached hydrogen (secondary N) is 1. The molecule has 0 aliphatic heterocycles. The Labute approximate surface area is 114 Å². The Bertz CT molecular complexity index is 646. The Kier molecular flexibility index (Phi) is 3.66. The minimum atomic E-state index is -0.634. The van der Waals surface area contributed by atoms with E-state index in [0.717, 1.165) is 6.07 Å². The molecular weight excluding hydrogens is 269 g/mol. The highest BCUT2D eigenvalue weighted by Gasteiger charge is 2.12. The molecule has 0 aliphatic carbocycles. The van der Waals surface area contributed by atoms with Gasteiger partial charge in [0.05, 0.1) is 17.4 Å². The zero-order valence-corrected chi connectivity index (χ0v) is 10.8.